The number of anilines is 1. The first-order valence-electron chi connectivity index (χ1n) is 7.40. The van der Waals surface area contributed by atoms with E-state index in [1.165, 1.54) is 43.3 Å². The van der Waals surface area contributed by atoms with E-state index in [2.05, 4.69) is 5.32 Å². The fraction of sp³-hybridized carbons (Fsp3) is 0.167. The van der Waals surface area contributed by atoms with Gasteiger partial charge in [-0.2, -0.15) is 0 Å². The van der Waals surface area contributed by atoms with Gasteiger partial charge in [0.25, 0.3) is 5.91 Å². The van der Waals surface area contributed by atoms with Crippen molar-refractivity contribution in [1.82, 2.24) is 0 Å². The molecule has 7 heteroatoms. The highest BCUT2D eigenvalue weighted by atomic mass is 35.5. The van der Waals surface area contributed by atoms with Gasteiger partial charge in [-0.3, -0.25) is 14.4 Å². The third-order valence-electron chi connectivity index (χ3n) is 4.16. The number of halogens is 2. The quantitative estimate of drug-likeness (QED) is 0.797. The SMILES string of the molecule is CC(=O)c1ccc(C(=O)CC2(O)C(=O)Nc3c(Cl)ccc(Cl)c32)cc1. The minimum absolute atomic E-state index is 0.0976. The lowest BCUT2D eigenvalue weighted by molar-refractivity contribution is -0.133. The van der Waals surface area contributed by atoms with Gasteiger partial charge in [0.05, 0.1) is 17.1 Å². The van der Waals surface area contributed by atoms with Gasteiger partial charge in [0.2, 0.25) is 0 Å². The lowest BCUT2D eigenvalue weighted by atomic mass is 9.88. The van der Waals surface area contributed by atoms with Crippen LogP contribution in [0.1, 0.15) is 39.6 Å². The molecule has 25 heavy (non-hydrogen) atoms. The summed E-state index contributed by atoms with van der Waals surface area (Å²) in [7, 11) is 0. The number of nitrogens with one attached hydrogen (secondary N) is 1. The molecule has 2 N–H and O–H groups in total. The second-order valence-corrected chi connectivity index (χ2v) is 6.64. The molecule has 0 radical (unpaired) electrons. The maximum Gasteiger partial charge on any atom is 0.261 e. The fourth-order valence-electron chi connectivity index (χ4n) is 2.80. The lowest BCUT2D eigenvalue weighted by Gasteiger charge is -2.21. The number of ketones is 2. The van der Waals surface area contributed by atoms with E-state index in [0.29, 0.717) is 5.56 Å². The monoisotopic (exact) mass is 377 g/mol. The number of hydrogen-bond donors (Lipinski definition) is 2. The summed E-state index contributed by atoms with van der Waals surface area (Å²) in [5, 5.41) is 13.7. The molecule has 2 aromatic rings. The van der Waals surface area contributed by atoms with E-state index in [-0.39, 0.29) is 32.6 Å². The number of hydrogen-bond acceptors (Lipinski definition) is 4. The van der Waals surface area contributed by atoms with Gasteiger partial charge in [-0.25, -0.2) is 0 Å². The zero-order valence-corrected chi connectivity index (χ0v) is 14.6. The minimum atomic E-state index is -2.10. The van der Waals surface area contributed by atoms with Crippen molar-refractivity contribution >= 4 is 46.4 Å². The molecule has 3 rings (SSSR count). The van der Waals surface area contributed by atoms with Crippen molar-refractivity contribution < 1.29 is 19.5 Å². The van der Waals surface area contributed by atoms with E-state index in [4.69, 9.17) is 23.2 Å². The Morgan fingerprint density at radius 1 is 1.04 bits per heavy atom. The minimum Gasteiger partial charge on any atom is -0.375 e. The first kappa shape index (κ1) is 17.6. The normalized spacial score (nSPS) is 18.6. The average molecular weight is 378 g/mol. The summed E-state index contributed by atoms with van der Waals surface area (Å²) in [6.45, 7) is 1.42. The Morgan fingerprint density at radius 2 is 1.60 bits per heavy atom. The molecule has 1 aliphatic rings. The number of benzene rings is 2. The molecule has 0 aromatic heterocycles. The van der Waals surface area contributed by atoms with Crippen LogP contribution < -0.4 is 5.32 Å². The molecule has 1 heterocycles. The molecule has 0 fully saturated rings. The maximum absolute atomic E-state index is 12.5. The molecule has 128 valence electrons. The van der Waals surface area contributed by atoms with Crippen molar-refractivity contribution in [3.05, 3.63) is 63.1 Å². The molecule has 1 aliphatic heterocycles. The number of aliphatic hydroxyl groups is 1. The summed E-state index contributed by atoms with van der Waals surface area (Å²) in [4.78, 5) is 36.1. The zero-order valence-electron chi connectivity index (χ0n) is 13.1. The summed E-state index contributed by atoms with van der Waals surface area (Å²) >= 11 is 12.2. The Kier molecular flexibility index (Phi) is 4.41. The number of carbonyl (C=O) groups excluding carboxylic acids is 3. The third kappa shape index (κ3) is 2.95. The second-order valence-electron chi connectivity index (χ2n) is 5.83. The van der Waals surface area contributed by atoms with Crippen LogP contribution in [0.15, 0.2) is 36.4 Å². The van der Waals surface area contributed by atoms with Crippen LogP contribution in [0, 0.1) is 0 Å². The topological polar surface area (TPSA) is 83.5 Å². The van der Waals surface area contributed by atoms with Crippen molar-refractivity contribution in [3.8, 4) is 0 Å². The highest BCUT2D eigenvalue weighted by molar-refractivity contribution is 6.38. The summed E-state index contributed by atoms with van der Waals surface area (Å²) in [5.41, 5.74) is -1.05. The Hall–Kier alpha value is -2.21. The zero-order chi connectivity index (χ0) is 18.4. The van der Waals surface area contributed by atoms with Gasteiger partial charge in [-0.15, -0.1) is 0 Å². The Balaban J connectivity index is 1.95. The van der Waals surface area contributed by atoms with Crippen LogP contribution in [0.25, 0.3) is 0 Å². The highest BCUT2D eigenvalue weighted by Crippen LogP contribution is 2.46. The van der Waals surface area contributed by atoms with Crippen LogP contribution in [0.4, 0.5) is 5.69 Å². The van der Waals surface area contributed by atoms with E-state index < -0.39 is 23.7 Å². The van der Waals surface area contributed by atoms with Gasteiger partial charge in [0, 0.05) is 21.7 Å². The van der Waals surface area contributed by atoms with Gasteiger partial charge in [-0.1, -0.05) is 47.5 Å². The number of Topliss-reactive ketones (excluding diaryl/α,β-unsaturated/α-hetero) is 2. The third-order valence-corrected chi connectivity index (χ3v) is 4.79. The molecule has 2 aromatic carbocycles. The molecule has 5 nitrogen and oxygen atoms in total. The van der Waals surface area contributed by atoms with Crippen LogP contribution >= 0.6 is 23.2 Å². The van der Waals surface area contributed by atoms with Crippen LogP contribution in [-0.2, 0) is 10.4 Å². The number of rotatable bonds is 4. The summed E-state index contributed by atoms with van der Waals surface area (Å²) in [5.74, 6) is -1.34. The van der Waals surface area contributed by atoms with E-state index in [9.17, 15) is 19.5 Å². The molecule has 0 saturated heterocycles. The first-order chi connectivity index (χ1) is 11.7. The fourth-order valence-corrected chi connectivity index (χ4v) is 3.32. The molecule has 0 saturated carbocycles. The molecular formula is C18H13Cl2NO4. The predicted octanol–water partition coefficient (Wildman–Crippen LogP) is 3.61. The van der Waals surface area contributed by atoms with E-state index in [1.54, 1.807) is 0 Å². The van der Waals surface area contributed by atoms with Gasteiger partial charge < -0.3 is 10.4 Å². The van der Waals surface area contributed by atoms with Crippen molar-refractivity contribution in [1.29, 1.82) is 0 Å². The van der Waals surface area contributed by atoms with Gasteiger partial charge in [0.15, 0.2) is 17.2 Å². The van der Waals surface area contributed by atoms with Crippen molar-refractivity contribution in [3.63, 3.8) is 0 Å². The summed E-state index contributed by atoms with van der Waals surface area (Å²) in [6, 6.07) is 8.96. The Morgan fingerprint density at radius 3 is 2.20 bits per heavy atom. The molecule has 0 spiro atoms. The van der Waals surface area contributed by atoms with Crippen LogP contribution in [-0.4, -0.2) is 22.6 Å². The highest BCUT2D eigenvalue weighted by Gasteiger charge is 2.49. The summed E-state index contributed by atoms with van der Waals surface area (Å²) < 4.78 is 0. The van der Waals surface area contributed by atoms with Gasteiger partial charge in [0.1, 0.15) is 0 Å². The van der Waals surface area contributed by atoms with E-state index in [0.717, 1.165) is 0 Å². The Bertz CT molecular complexity index is 908. The lowest BCUT2D eigenvalue weighted by Crippen LogP contribution is -2.36. The standard InChI is InChI=1S/C18H13Cl2NO4/c1-9(22)10-2-4-11(5-3-10)14(23)8-18(25)15-12(19)6-7-13(20)16(15)21-17(18)24/h2-7,25H,8H2,1H3,(H,21,24). The van der Waals surface area contributed by atoms with Gasteiger partial charge >= 0.3 is 0 Å². The van der Waals surface area contributed by atoms with Crippen molar-refractivity contribution in [2.24, 2.45) is 0 Å². The first-order valence-corrected chi connectivity index (χ1v) is 8.16. The van der Waals surface area contributed by atoms with Crippen LogP contribution in [0.2, 0.25) is 10.0 Å². The molecule has 1 atom stereocenters. The molecule has 1 unspecified atom stereocenters. The molecule has 0 aliphatic carbocycles. The molecule has 0 bridgehead atoms. The number of fused-ring (bicyclic) bond motifs is 1. The van der Waals surface area contributed by atoms with Crippen molar-refractivity contribution in [2.75, 3.05) is 5.32 Å². The maximum atomic E-state index is 12.5. The van der Waals surface area contributed by atoms with Crippen LogP contribution in [0.3, 0.4) is 0 Å². The second kappa shape index (κ2) is 6.26. The predicted molar refractivity (Wildman–Crippen MR) is 94.4 cm³/mol. The largest absolute Gasteiger partial charge is 0.375 e. The molecular weight excluding hydrogens is 365 g/mol. The van der Waals surface area contributed by atoms with Crippen LogP contribution in [0.5, 0.6) is 0 Å². The van der Waals surface area contributed by atoms with E-state index in [1.807, 2.05) is 0 Å². The Labute approximate surface area is 153 Å². The number of amides is 1. The molecule has 1 amide bonds. The number of carbonyl (C=O) groups is 3. The average Bonchev–Trinajstić information content (AvgIpc) is 2.83. The van der Waals surface area contributed by atoms with Gasteiger partial charge in [-0.05, 0) is 19.1 Å². The van der Waals surface area contributed by atoms with Crippen molar-refractivity contribution in [2.45, 2.75) is 18.9 Å². The summed E-state index contributed by atoms with van der Waals surface area (Å²) in [6.07, 6.45) is -0.495. The van der Waals surface area contributed by atoms with E-state index >= 15 is 0 Å². The smallest absolute Gasteiger partial charge is 0.261 e.